The molecule has 0 bridgehead atoms. The van der Waals surface area contributed by atoms with Gasteiger partial charge in [0.1, 0.15) is 0 Å². The highest BCUT2D eigenvalue weighted by molar-refractivity contribution is 5.63. The zero-order valence-electron chi connectivity index (χ0n) is 7.42. The Labute approximate surface area is 68.6 Å². The average molecular weight is 153 g/mol. The Morgan fingerprint density at radius 1 is 1.64 bits per heavy atom. The fourth-order valence-electron chi connectivity index (χ4n) is 0.346. The van der Waals surface area contributed by atoms with Gasteiger partial charge in [-0.25, -0.2) is 0 Å². The Hall–Kier alpha value is -0.970. The Kier molecular flexibility index (Phi) is 4.36. The normalized spacial score (nSPS) is 11.5. The maximum Gasteiger partial charge on any atom is 0.177 e. The molecule has 62 valence electrons. The lowest BCUT2D eigenvalue weighted by molar-refractivity contribution is 0.178. The molecule has 0 aromatic heterocycles. The van der Waals surface area contributed by atoms with E-state index in [1.54, 1.807) is 6.21 Å². The van der Waals surface area contributed by atoms with Crippen molar-refractivity contribution in [2.75, 3.05) is 6.61 Å². The van der Waals surface area contributed by atoms with Crippen LogP contribution in [0, 0.1) is 17.8 Å². The standard InChI is InChI=1S/C9H15NO/c1-5-7-11-10-8-9(3,4)6-2/h1,8H,6-7H2,2-4H3/b10-8+. The van der Waals surface area contributed by atoms with Crippen LogP contribution >= 0.6 is 0 Å². The van der Waals surface area contributed by atoms with Crippen molar-refractivity contribution in [1.29, 1.82) is 0 Å². The second-order valence-corrected chi connectivity index (χ2v) is 3.05. The predicted molar refractivity (Wildman–Crippen MR) is 47.3 cm³/mol. The lowest BCUT2D eigenvalue weighted by atomic mass is 9.92. The predicted octanol–water partition coefficient (Wildman–Crippen LogP) is 2.06. The van der Waals surface area contributed by atoms with E-state index in [0.717, 1.165) is 6.42 Å². The number of oxime groups is 1. The first-order valence-electron chi connectivity index (χ1n) is 3.72. The summed E-state index contributed by atoms with van der Waals surface area (Å²) in [7, 11) is 0. The molecular formula is C9H15NO. The third-order valence-corrected chi connectivity index (χ3v) is 1.54. The summed E-state index contributed by atoms with van der Waals surface area (Å²) in [6.07, 6.45) is 7.78. The minimum atomic E-state index is 0.106. The van der Waals surface area contributed by atoms with Gasteiger partial charge in [-0.15, -0.1) is 6.42 Å². The summed E-state index contributed by atoms with van der Waals surface area (Å²) in [5, 5.41) is 3.74. The Bertz CT molecular complexity index is 165. The van der Waals surface area contributed by atoms with Crippen molar-refractivity contribution >= 4 is 6.21 Å². The van der Waals surface area contributed by atoms with Gasteiger partial charge in [0.05, 0.1) is 0 Å². The van der Waals surface area contributed by atoms with Crippen molar-refractivity contribution in [1.82, 2.24) is 0 Å². The van der Waals surface area contributed by atoms with E-state index < -0.39 is 0 Å². The maximum atomic E-state index is 4.96. The molecule has 0 radical (unpaired) electrons. The van der Waals surface area contributed by atoms with Gasteiger partial charge in [0.15, 0.2) is 6.61 Å². The van der Waals surface area contributed by atoms with Crippen LogP contribution in [0.25, 0.3) is 0 Å². The van der Waals surface area contributed by atoms with Crippen LogP contribution in [-0.2, 0) is 4.84 Å². The minimum Gasteiger partial charge on any atom is -0.383 e. The summed E-state index contributed by atoms with van der Waals surface area (Å²) >= 11 is 0. The van der Waals surface area contributed by atoms with Crippen molar-refractivity contribution in [2.24, 2.45) is 10.6 Å². The van der Waals surface area contributed by atoms with Gasteiger partial charge in [0, 0.05) is 11.6 Å². The second-order valence-electron chi connectivity index (χ2n) is 3.05. The molecule has 0 N–H and O–H groups in total. The van der Waals surface area contributed by atoms with Crippen LogP contribution in [0.2, 0.25) is 0 Å². The third kappa shape index (κ3) is 5.47. The van der Waals surface area contributed by atoms with E-state index in [0.29, 0.717) is 0 Å². The number of hydrogen-bond donors (Lipinski definition) is 0. The molecule has 0 aliphatic heterocycles. The molecule has 0 spiro atoms. The molecule has 0 saturated carbocycles. The zero-order valence-corrected chi connectivity index (χ0v) is 7.42. The van der Waals surface area contributed by atoms with Gasteiger partial charge in [-0.05, 0) is 6.42 Å². The zero-order chi connectivity index (χ0) is 8.74. The van der Waals surface area contributed by atoms with Gasteiger partial charge in [-0.2, -0.15) is 0 Å². The van der Waals surface area contributed by atoms with Crippen LogP contribution in [0.4, 0.5) is 0 Å². The summed E-state index contributed by atoms with van der Waals surface area (Å²) in [4.78, 5) is 4.75. The molecule has 0 unspecified atom stereocenters. The molecular weight excluding hydrogens is 138 g/mol. The minimum absolute atomic E-state index is 0.106. The molecule has 0 aromatic carbocycles. The highest BCUT2D eigenvalue weighted by Crippen LogP contribution is 2.15. The lowest BCUT2D eigenvalue weighted by Gasteiger charge is -2.14. The number of rotatable bonds is 4. The molecule has 2 heteroatoms. The third-order valence-electron chi connectivity index (χ3n) is 1.54. The van der Waals surface area contributed by atoms with E-state index in [4.69, 9.17) is 11.3 Å². The molecule has 0 aliphatic carbocycles. The van der Waals surface area contributed by atoms with Gasteiger partial charge >= 0.3 is 0 Å². The van der Waals surface area contributed by atoms with Gasteiger partial charge < -0.3 is 4.84 Å². The fourth-order valence-corrected chi connectivity index (χ4v) is 0.346. The van der Waals surface area contributed by atoms with Crippen molar-refractivity contribution in [2.45, 2.75) is 27.2 Å². The van der Waals surface area contributed by atoms with Crippen LogP contribution in [0.5, 0.6) is 0 Å². The molecule has 2 nitrogen and oxygen atoms in total. The van der Waals surface area contributed by atoms with Crippen LogP contribution in [0.1, 0.15) is 27.2 Å². The fraction of sp³-hybridized carbons (Fsp3) is 0.667. The highest BCUT2D eigenvalue weighted by Gasteiger charge is 2.10. The lowest BCUT2D eigenvalue weighted by Crippen LogP contribution is -2.11. The van der Waals surface area contributed by atoms with Crippen LogP contribution in [0.15, 0.2) is 5.16 Å². The van der Waals surface area contributed by atoms with Crippen LogP contribution in [0.3, 0.4) is 0 Å². The van der Waals surface area contributed by atoms with Crippen molar-refractivity contribution in [3.05, 3.63) is 0 Å². The summed E-state index contributed by atoms with van der Waals surface area (Å²) in [5.41, 5.74) is 0.106. The number of terminal acetylenes is 1. The first-order chi connectivity index (χ1) is 5.12. The molecule has 11 heavy (non-hydrogen) atoms. The number of nitrogens with zero attached hydrogens (tertiary/aromatic N) is 1. The quantitative estimate of drug-likeness (QED) is 0.262. The maximum absolute atomic E-state index is 4.96. The number of hydrogen-bond acceptors (Lipinski definition) is 2. The van der Waals surface area contributed by atoms with E-state index in [9.17, 15) is 0 Å². The molecule has 0 aromatic rings. The monoisotopic (exact) mass is 153 g/mol. The Morgan fingerprint density at radius 3 is 2.73 bits per heavy atom. The average Bonchev–Trinajstić information content (AvgIpc) is 1.99. The largest absolute Gasteiger partial charge is 0.383 e. The molecule has 0 amide bonds. The Morgan fingerprint density at radius 2 is 2.27 bits per heavy atom. The summed E-state index contributed by atoms with van der Waals surface area (Å²) < 4.78 is 0. The van der Waals surface area contributed by atoms with Gasteiger partial charge in [-0.1, -0.05) is 31.8 Å². The van der Waals surface area contributed by atoms with E-state index in [1.165, 1.54) is 0 Å². The van der Waals surface area contributed by atoms with Gasteiger partial charge in [0.2, 0.25) is 0 Å². The first kappa shape index (κ1) is 10.0. The summed E-state index contributed by atoms with van der Waals surface area (Å²) in [6.45, 7) is 6.54. The molecule has 0 rings (SSSR count). The van der Waals surface area contributed by atoms with Gasteiger partial charge in [-0.3, -0.25) is 0 Å². The second kappa shape index (κ2) is 4.79. The van der Waals surface area contributed by atoms with E-state index in [-0.39, 0.29) is 12.0 Å². The molecule has 0 aliphatic rings. The van der Waals surface area contributed by atoms with Crippen LogP contribution < -0.4 is 0 Å². The Balaban J connectivity index is 3.66. The van der Waals surface area contributed by atoms with E-state index in [1.807, 2.05) is 0 Å². The van der Waals surface area contributed by atoms with E-state index in [2.05, 4.69) is 31.8 Å². The van der Waals surface area contributed by atoms with E-state index >= 15 is 0 Å². The highest BCUT2D eigenvalue weighted by atomic mass is 16.6. The van der Waals surface area contributed by atoms with Gasteiger partial charge in [0.25, 0.3) is 0 Å². The molecule has 0 saturated heterocycles. The van der Waals surface area contributed by atoms with Crippen LogP contribution in [-0.4, -0.2) is 12.8 Å². The summed E-state index contributed by atoms with van der Waals surface area (Å²) in [5.74, 6) is 2.34. The SMILES string of the molecule is C#CCO/N=C/C(C)(C)CC. The van der Waals surface area contributed by atoms with Crippen molar-refractivity contribution in [3.8, 4) is 12.3 Å². The smallest absolute Gasteiger partial charge is 0.177 e. The summed E-state index contributed by atoms with van der Waals surface area (Å²) in [6, 6.07) is 0. The topological polar surface area (TPSA) is 21.6 Å². The van der Waals surface area contributed by atoms with Crippen molar-refractivity contribution < 1.29 is 4.84 Å². The molecule has 0 atom stereocenters. The molecule has 0 fully saturated rings. The molecule has 0 heterocycles. The first-order valence-corrected chi connectivity index (χ1v) is 3.72. The van der Waals surface area contributed by atoms with Crippen molar-refractivity contribution in [3.63, 3.8) is 0 Å².